The van der Waals surface area contributed by atoms with E-state index in [1.165, 1.54) is 38.0 Å². The summed E-state index contributed by atoms with van der Waals surface area (Å²) in [5, 5.41) is 3.79. The molecule has 1 fully saturated rings. The molecule has 1 aliphatic rings. The molecule has 2 atom stereocenters. The van der Waals surface area contributed by atoms with Gasteiger partial charge in [-0.05, 0) is 44.3 Å². The van der Waals surface area contributed by atoms with Crippen LogP contribution < -0.4 is 5.32 Å². The van der Waals surface area contributed by atoms with Crippen molar-refractivity contribution in [1.82, 2.24) is 10.2 Å². The predicted molar refractivity (Wildman–Crippen MR) is 93.1 cm³/mol. The minimum absolute atomic E-state index is 0.120. The molecule has 2 rings (SSSR count). The van der Waals surface area contributed by atoms with Crippen LogP contribution in [0.15, 0.2) is 30.3 Å². The molecule has 1 aromatic rings. The average molecular weight is 304 g/mol. The quantitative estimate of drug-likeness (QED) is 0.835. The Kier molecular flexibility index (Phi) is 6.87. The van der Waals surface area contributed by atoms with Gasteiger partial charge in [-0.3, -0.25) is 0 Å². The first-order chi connectivity index (χ1) is 10.6. The van der Waals surface area contributed by atoms with Gasteiger partial charge in [0.25, 0.3) is 0 Å². The largest absolute Gasteiger partial charge is 0.375 e. The topological polar surface area (TPSA) is 24.5 Å². The highest BCUT2D eigenvalue weighted by molar-refractivity contribution is 5.19. The summed E-state index contributed by atoms with van der Waals surface area (Å²) in [6, 6.07) is 11.5. The molecule has 3 heteroatoms. The van der Waals surface area contributed by atoms with E-state index in [2.05, 4.69) is 61.3 Å². The Bertz CT molecular complexity index is 413. The van der Waals surface area contributed by atoms with Crippen LogP contribution in [0.25, 0.3) is 0 Å². The van der Waals surface area contributed by atoms with Gasteiger partial charge >= 0.3 is 0 Å². The zero-order chi connectivity index (χ0) is 15.9. The van der Waals surface area contributed by atoms with Crippen molar-refractivity contribution < 1.29 is 4.74 Å². The molecule has 0 bridgehead atoms. The zero-order valence-corrected chi connectivity index (χ0v) is 14.6. The molecular weight excluding hydrogens is 272 g/mol. The molecule has 124 valence electrons. The zero-order valence-electron chi connectivity index (χ0n) is 14.6. The van der Waals surface area contributed by atoms with E-state index in [-0.39, 0.29) is 6.10 Å². The van der Waals surface area contributed by atoms with E-state index in [1.54, 1.807) is 7.11 Å². The second-order valence-electron chi connectivity index (χ2n) is 6.99. The Labute approximate surface area is 136 Å². The summed E-state index contributed by atoms with van der Waals surface area (Å²) in [7, 11) is 1.81. The summed E-state index contributed by atoms with van der Waals surface area (Å²) >= 11 is 0. The first kappa shape index (κ1) is 17.5. The maximum Gasteiger partial charge on any atom is 0.0971 e. The van der Waals surface area contributed by atoms with Gasteiger partial charge in [0.1, 0.15) is 0 Å². The number of methoxy groups -OCH3 is 1. The van der Waals surface area contributed by atoms with E-state index in [0.29, 0.717) is 12.1 Å². The van der Waals surface area contributed by atoms with Gasteiger partial charge in [0, 0.05) is 25.7 Å². The highest BCUT2D eigenvalue weighted by Crippen LogP contribution is 2.22. The van der Waals surface area contributed by atoms with Crippen molar-refractivity contribution in [2.75, 3.05) is 26.7 Å². The van der Waals surface area contributed by atoms with Crippen molar-refractivity contribution in [3.8, 4) is 0 Å². The summed E-state index contributed by atoms with van der Waals surface area (Å²) in [4.78, 5) is 2.60. The van der Waals surface area contributed by atoms with Gasteiger partial charge in [0.05, 0.1) is 6.10 Å². The molecule has 1 N–H and O–H groups in total. The van der Waals surface area contributed by atoms with Gasteiger partial charge in [-0.2, -0.15) is 0 Å². The molecule has 0 amide bonds. The lowest BCUT2D eigenvalue weighted by atomic mass is 9.99. The number of nitrogens with one attached hydrogen (secondary N) is 1. The number of hydrogen-bond acceptors (Lipinski definition) is 3. The maximum atomic E-state index is 5.74. The number of likely N-dealkylation sites (tertiary alicyclic amines) is 1. The standard InChI is InChI=1S/C19H32N2O/c1-15(2)14-21-12-10-18(11-13-21)20-16(3)19(22-4)17-8-6-5-7-9-17/h5-9,15-16,18-20H,10-14H2,1-4H3. The number of hydrogen-bond donors (Lipinski definition) is 1. The fourth-order valence-electron chi connectivity index (χ4n) is 3.53. The lowest BCUT2D eigenvalue weighted by molar-refractivity contribution is 0.0636. The van der Waals surface area contributed by atoms with Gasteiger partial charge in [-0.25, -0.2) is 0 Å². The van der Waals surface area contributed by atoms with E-state index in [1.807, 2.05) is 0 Å². The third-order valence-corrected chi connectivity index (χ3v) is 4.55. The Balaban J connectivity index is 1.83. The highest BCUT2D eigenvalue weighted by Gasteiger charge is 2.24. The number of nitrogens with zero attached hydrogens (tertiary/aromatic N) is 1. The third kappa shape index (κ3) is 5.08. The van der Waals surface area contributed by atoms with Crippen LogP contribution in [-0.4, -0.2) is 43.7 Å². The van der Waals surface area contributed by atoms with Gasteiger partial charge in [0.2, 0.25) is 0 Å². The van der Waals surface area contributed by atoms with E-state index in [0.717, 1.165) is 5.92 Å². The molecule has 1 heterocycles. The molecule has 1 saturated heterocycles. The van der Waals surface area contributed by atoms with Crippen molar-refractivity contribution in [3.63, 3.8) is 0 Å². The second-order valence-corrected chi connectivity index (χ2v) is 6.99. The number of piperidine rings is 1. The van der Waals surface area contributed by atoms with Crippen LogP contribution >= 0.6 is 0 Å². The molecule has 2 unspecified atom stereocenters. The second kappa shape index (κ2) is 8.66. The van der Waals surface area contributed by atoms with Crippen LogP contribution in [0, 0.1) is 5.92 Å². The van der Waals surface area contributed by atoms with Crippen molar-refractivity contribution in [2.24, 2.45) is 5.92 Å². The van der Waals surface area contributed by atoms with Crippen molar-refractivity contribution >= 4 is 0 Å². The lowest BCUT2D eigenvalue weighted by Gasteiger charge is -2.36. The summed E-state index contributed by atoms with van der Waals surface area (Å²) in [5.74, 6) is 0.763. The fraction of sp³-hybridized carbons (Fsp3) is 0.684. The van der Waals surface area contributed by atoms with Crippen LogP contribution in [0.3, 0.4) is 0 Å². The summed E-state index contributed by atoms with van der Waals surface area (Å²) in [5.41, 5.74) is 1.25. The van der Waals surface area contributed by atoms with Gasteiger partial charge in [0.15, 0.2) is 0 Å². The van der Waals surface area contributed by atoms with Crippen molar-refractivity contribution in [1.29, 1.82) is 0 Å². The summed E-state index contributed by atoms with van der Waals surface area (Å²) in [6.45, 7) is 10.5. The van der Waals surface area contributed by atoms with Crippen LogP contribution in [-0.2, 0) is 4.74 Å². The van der Waals surface area contributed by atoms with Crippen LogP contribution in [0.5, 0.6) is 0 Å². The molecule has 1 aromatic carbocycles. The normalized spacial score (nSPS) is 20.2. The third-order valence-electron chi connectivity index (χ3n) is 4.55. The molecule has 0 aromatic heterocycles. The Morgan fingerprint density at radius 2 is 1.77 bits per heavy atom. The van der Waals surface area contributed by atoms with Crippen molar-refractivity contribution in [2.45, 2.75) is 51.8 Å². The molecule has 0 aliphatic carbocycles. The van der Waals surface area contributed by atoms with E-state index in [4.69, 9.17) is 4.74 Å². The maximum absolute atomic E-state index is 5.74. The molecular formula is C19H32N2O. The van der Waals surface area contributed by atoms with Gasteiger partial charge < -0.3 is 15.0 Å². The van der Waals surface area contributed by atoms with E-state index < -0.39 is 0 Å². The summed E-state index contributed by atoms with van der Waals surface area (Å²) < 4.78 is 5.74. The molecule has 3 nitrogen and oxygen atoms in total. The SMILES string of the molecule is COC(c1ccccc1)C(C)NC1CCN(CC(C)C)CC1. The van der Waals surface area contributed by atoms with E-state index in [9.17, 15) is 0 Å². The van der Waals surface area contributed by atoms with Crippen LogP contribution in [0.1, 0.15) is 45.3 Å². The lowest BCUT2D eigenvalue weighted by Crippen LogP contribution is -2.47. The molecule has 0 saturated carbocycles. The van der Waals surface area contributed by atoms with E-state index >= 15 is 0 Å². The first-order valence-corrected chi connectivity index (χ1v) is 8.66. The Morgan fingerprint density at radius 3 is 2.32 bits per heavy atom. The number of benzene rings is 1. The first-order valence-electron chi connectivity index (χ1n) is 8.66. The Hall–Kier alpha value is -0.900. The average Bonchev–Trinajstić information content (AvgIpc) is 2.50. The fourth-order valence-corrected chi connectivity index (χ4v) is 3.53. The molecule has 0 radical (unpaired) electrons. The van der Waals surface area contributed by atoms with Crippen molar-refractivity contribution in [3.05, 3.63) is 35.9 Å². The van der Waals surface area contributed by atoms with Crippen LogP contribution in [0.4, 0.5) is 0 Å². The molecule has 22 heavy (non-hydrogen) atoms. The minimum atomic E-state index is 0.120. The van der Waals surface area contributed by atoms with Crippen LogP contribution in [0.2, 0.25) is 0 Å². The van der Waals surface area contributed by atoms with Gasteiger partial charge in [-0.15, -0.1) is 0 Å². The monoisotopic (exact) mass is 304 g/mol. The number of ether oxygens (including phenoxy) is 1. The number of rotatable bonds is 7. The molecule has 0 spiro atoms. The molecule has 1 aliphatic heterocycles. The highest BCUT2D eigenvalue weighted by atomic mass is 16.5. The smallest absolute Gasteiger partial charge is 0.0971 e. The minimum Gasteiger partial charge on any atom is -0.375 e. The summed E-state index contributed by atoms with van der Waals surface area (Å²) in [6.07, 6.45) is 2.60. The Morgan fingerprint density at radius 1 is 1.14 bits per heavy atom. The van der Waals surface area contributed by atoms with Gasteiger partial charge in [-0.1, -0.05) is 44.2 Å². The predicted octanol–water partition coefficient (Wildman–Crippen LogP) is 3.47.